The molecule has 104 valence electrons. The first-order chi connectivity index (χ1) is 8.99. The molecule has 1 aliphatic heterocycles. The second-order valence-electron chi connectivity index (χ2n) is 4.47. The predicted octanol–water partition coefficient (Wildman–Crippen LogP) is 1.35. The van der Waals surface area contributed by atoms with E-state index in [0.717, 1.165) is 17.9 Å². The molecule has 2 rings (SSSR count). The van der Waals surface area contributed by atoms with Gasteiger partial charge >= 0.3 is 0 Å². The second-order valence-corrected chi connectivity index (χ2v) is 7.83. The summed E-state index contributed by atoms with van der Waals surface area (Å²) in [7, 11) is -3.43. The number of thiocarbonyl (C=S) groups is 1. The molecule has 1 saturated heterocycles. The van der Waals surface area contributed by atoms with Crippen molar-refractivity contribution in [2.45, 2.75) is 11.3 Å². The normalized spacial score (nSPS) is 19.5. The van der Waals surface area contributed by atoms with Crippen LogP contribution in [0.25, 0.3) is 0 Å². The summed E-state index contributed by atoms with van der Waals surface area (Å²) in [5.41, 5.74) is 6.15. The van der Waals surface area contributed by atoms with Crippen molar-refractivity contribution in [3.05, 3.63) is 29.8 Å². The van der Waals surface area contributed by atoms with Gasteiger partial charge in [-0.1, -0.05) is 24.4 Å². The van der Waals surface area contributed by atoms with Crippen molar-refractivity contribution in [3.63, 3.8) is 0 Å². The first kappa shape index (κ1) is 14.8. The molecular formula is C12H16N2O2S3. The van der Waals surface area contributed by atoms with E-state index in [2.05, 4.69) is 4.72 Å². The minimum atomic E-state index is -3.43. The maximum atomic E-state index is 12.1. The number of rotatable bonds is 5. The Morgan fingerprint density at radius 2 is 2.11 bits per heavy atom. The highest BCUT2D eigenvalue weighted by molar-refractivity contribution is 7.99. The smallest absolute Gasteiger partial charge is 0.240 e. The Morgan fingerprint density at radius 3 is 2.63 bits per heavy atom. The lowest BCUT2D eigenvalue weighted by Gasteiger charge is -2.11. The lowest BCUT2D eigenvalue weighted by Crippen LogP contribution is -2.29. The first-order valence-corrected chi connectivity index (χ1v) is 9.01. The summed E-state index contributed by atoms with van der Waals surface area (Å²) in [6, 6.07) is 6.31. The Balaban J connectivity index is 2.03. The van der Waals surface area contributed by atoms with Gasteiger partial charge in [0.15, 0.2) is 0 Å². The van der Waals surface area contributed by atoms with E-state index in [-0.39, 0.29) is 9.88 Å². The van der Waals surface area contributed by atoms with E-state index < -0.39 is 10.0 Å². The van der Waals surface area contributed by atoms with Crippen LogP contribution in [0.2, 0.25) is 0 Å². The van der Waals surface area contributed by atoms with Crippen molar-refractivity contribution in [1.29, 1.82) is 0 Å². The molecule has 1 aromatic rings. The van der Waals surface area contributed by atoms with Crippen molar-refractivity contribution in [2.24, 2.45) is 11.7 Å². The van der Waals surface area contributed by atoms with E-state index in [0.29, 0.717) is 18.0 Å². The lowest BCUT2D eigenvalue weighted by atomic mass is 10.1. The summed E-state index contributed by atoms with van der Waals surface area (Å²) in [5.74, 6) is 2.59. The van der Waals surface area contributed by atoms with Gasteiger partial charge in [0.05, 0.1) is 4.90 Å². The van der Waals surface area contributed by atoms with E-state index >= 15 is 0 Å². The summed E-state index contributed by atoms with van der Waals surface area (Å²) < 4.78 is 26.8. The van der Waals surface area contributed by atoms with Gasteiger partial charge in [-0.3, -0.25) is 0 Å². The van der Waals surface area contributed by atoms with Crippen LogP contribution in [-0.2, 0) is 10.0 Å². The molecule has 0 amide bonds. The number of nitrogens with two attached hydrogens (primary N) is 1. The topological polar surface area (TPSA) is 72.2 Å². The summed E-state index contributed by atoms with van der Waals surface area (Å²) in [6.45, 7) is 0.506. The van der Waals surface area contributed by atoms with Crippen molar-refractivity contribution >= 4 is 39.0 Å². The average molecular weight is 316 g/mol. The van der Waals surface area contributed by atoms with Crippen LogP contribution < -0.4 is 10.5 Å². The molecule has 7 heteroatoms. The molecule has 0 radical (unpaired) electrons. The maximum Gasteiger partial charge on any atom is 0.240 e. The van der Waals surface area contributed by atoms with Crippen LogP contribution in [0.5, 0.6) is 0 Å². The van der Waals surface area contributed by atoms with Crippen LogP contribution in [0.1, 0.15) is 12.0 Å². The molecule has 1 aliphatic rings. The molecule has 0 aliphatic carbocycles. The number of sulfonamides is 1. The molecule has 4 nitrogen and oxygen atoms in total. The fourth-order valence-corrected chi connectivity index (χ4v) is 4.39. The van der Waals surface area contributed by atoms with Crippen LogP contribution in [0.15, 0.2) is 29.2 Å². The molecule has 1 aromatic carbocycles. The minimum absolute atomic E-state index is 0.248. The SMILES string of the molecule is NC(=S)c1ccc(S(=O)(=O)NCC2CCSC2)cc1. The summed E-state index contributed by atoms with van der Waals surface area (Å²) in [4.78, 5) is 0.512. The molecule has 0 bridgehead atoms. The third-order valence-electron chi connectivity index (χ3n) is 3.04. The van der Waals surface area contributed by atoms with Crippen LogP contribution in [0.4, 0.5) is 0 Å². The largest absolute Gasteiger partial charge is 0.389 e. The molecule has 1 atom stereocenters. The number of benzene rings is 1. The molecule has 19 heavy (non-hydrogen) atoms. The standard InChI is InChI=1S/C12H16N2O2S3/c13-12(17)10-1-3-11(4-2-10)19(15,16)14-7-9-5-6-18-8-9/h1-4,9,14H,5-8H2,(H2,13,17). The highest BCUT2D eigenvalue weighted by Crippen LogP contribution is 2.23. The minimum Gasteiger partial charge on any atom is -0.389 e. The molecular weight excluding hydrogens is 300 g/mol. The van der Waals surface area contributed by atoms with Crippen molar-refractivity contribution in [2.75, 3.05) is 18.1 Å². The van der Waals surface area contributed by atoms with Gasteiger partial charge in [0, 0.05) is 12.1 Å². The van der Waals surface area contributed by atoms with Crippen LogP contribution >= 0.6 is 24.0 Å². The van der Waals surface area contributed by atoms with Gasteiger partial charge in [-0.05, 0) is 36.0 Å². The number of hydrogen-bond donors (Lipinski definition) is 2. The number of hydrogen-bond acceptors (Lipinski definition) is 4. The monoisotopic (exact) mass is 316 g/mol. The molecule has 0 saturated carbocycles. The summed E-state index contributed by atoms with van der Waals surface area (Å²) in [5, 5.41) is 0. The first-order valence-electron chi connectivity index (χ1n) is 5.96. The van der Waals surface area contributed by atoms with Gasteiger partial charge in [-0.25, -0.2) is 13.1 Å². The van der Waals surface area contributed by atoms with Gasteiger partial charge in [0.25, 0.3) is 0 Å². The fourth-order valence-electron chi connectivity index (χ4n) is 1.85. The summed E-state index contributed by atoms with van der Waals surface area (Å²) >= 11 is 6.70. The van der Waals surface area contributed by atoms with Crippen molar-refractivity contribution in [3.8, 4) is 0 Å². The Morgan fingerprint density at radius 1 is 1.42 bits per heavy atom. The third-order valence-corrected chi connectivity index (χ3v) is 5.94. The number of nitrogens with one attached hydrogen (secondary N) is 1. The van der Waals surface area contributed by atoms with Gasteiger partial charge in [-0.2, -0.15) is 11.8 Å². The van der Waals surface area contributed by atoms with E-state index in [4.69, 9.17) is 18.0 Å². The highest BCUT2D eigenvalue weighted by atomic mass is 32.2. The van der Waals surface area contributed by atoms with Crippen molar-refractivity contribution in [1.82, 2.24) is 4.72 Å². The molecule has 1 fully saturated rings. The summed E-state index contributed by atoms with van der Waals surface area (Å²) in [6.07, 6.45) is 1.08. The molecule has 1 heterocycles. The Hall–Kier alpha value is -0.630. The molecule has 0 spiro atoms. The van der Waals surface area contributed by atoms with Crippen LogP contribution in [0, 0.1) is 5.92 Å². The molecule has 1 unspecified atom stereocenters. The van der Waals surface area contributed by atoms with E-state index in [1.54, 1.807) is 12.1 Å². The Kier molecular flexibility index (Phi) is 4.83. The molecule has 3 N–H and O–H groups in total. The van der Waals surface area contributed by atoms with E-state index in [9.17, 15) is 8.42 Å². The van der Waals surface area contributed by atoms with Crippen LogP contribution in [0.3, 0.4) is 0 Å². The lowest BCUT2D eigenvalue weighted by molar-refractivity contribution is 0.546. The van der Waals surface area contributed by atoms with Gasteiger partial charge < -0.3 is 5.73 Å². The van der Waals surface area contributed by atoms with Crippen LogP contribution in [-0.4, -0.2) is 31.5 Å². The van der Waals surface area contributed by atoms with Gasteiger partial charge in [0.1, 0.15) is 4.99 Å². The highest BCUT2D eigenvalue weighted by Gasteiger charge is 2.19. The molecule has 0 aromatic heterocycles. The quantitative estimate of drug-likeness (QED) is 0.802. The Labute approximate surface area is 123 Å². The zero-order valence-corrected chi connectivity index (χ0v) is 12.8. The Bertz CT molecular complexity index is 549. The zero-order valence-electron chi connectivity index (χ0n) is 10.3. The number of thioether (sulfide) groups is 1. The zero-order chi connectivity index (χ0) is 13.9. The maximum absolute atomic E-state index is 12.1. The van der Waals surface area contributed by atoms with E-state index in [1.165, 1.54) is 12.1 Å². The fraction of sp³-hybridized carbons (Fsp3) is 0.417. The van der Waals surface area contributed by atoms with Gasteiger partial charge in [0.2, 0.25) is 10.0 Å². The van der Waals surface area contributed by atoms with E-state index in [1.807, 2.05) is 11.8 Å². The van der Waals surface area contributed by atoms with Crippen molar-refractivity contribution < 1.29 is 8.42 Å². The predicted molar refractivity (Wildman–Crippen MR) is 82.9 cm³/mol. The average Bonchev–Trinajstić information content (AvgIpc) is 2.90. The second kappa shape index (κ2) is 6.21. The van der Waals surface area contributed by atoms with Gasteiger partial charge in [-0.15, -0.1) is 0 Å². The third kappa shape index (κ3) is 3.92.